The molecule has 0 fully saturated rings. The smallest absolute Gasteiger partial charge is 0.149 e. The summed E-state index contributed by atoms with van der Waals surface area (Å²) in [6, 6.07) is 0. The van der Waals surface area contributed by atoms with E-state index in [2.05, 4.69) is 43.5 Å². The third-order valence-corrected chi connectivity index (χ3v) is 2.43. The van der Waals surface area contributed by atoms with Crippen molar-refractivity contribution in [2.24, 2.45) is 0 Å². The minimum absolute atomic E-state index is 0.679. The topological polar surface area (TPSA) is 22.1 Å². The highest BCUT2D eigenvalue weighted by molar-refractivity contribution is 14.1. The Morgan fingerprint density at radius 3 is 2.91 bits per heavy atom. The van der Waals surface area contributed by atoms with Crippen molar-refractivity contribution in [1.82, 2.24) is 4.98 Å². The summed E-state index contributed by atoms with van der Waals surface area (Å²) in [6.07, 6.45) is 3.50. The molecule has 0 bridgehead atoms. The van der Waals surface area contributed by atoms with Crippen LogP contribution in [0, 0.1) is 3.57 Å². The summed E-state index contributed by atoms with van der Waals surface area (Å²) in [6.45, 7) is 2.64. The van der Waals surface area contributed by atoms with Crippen molar-refractivity contribution in [3.63, 3.8) is 0 Å². The maximum absolute atomic E-state index is 5.37. The van der Waals surface area contributed by atoms with E-state index in [1.54, 1.807) is 12.4 Å². The zero-order valence-electron chi connectivity index (χ0n) is 5.97. The summed E-state index contributed by atoms with van der Waals surface area (Å²) in [5, 5.41) is 0. The lowest BCUT2D eigenvalue weighted by Gasteiger charge is -2.06. The number of aromatic nitrogens is 1. The fraction of sp³-hybridized carbons (Fsp3) is 0.286. The van der Waals surface area contributed by atoms with E-state index in [1.165, 1.54) is 0 Å². The van der Waals surface area contributed by atoms with Crippen LogP contribution in [-0.2, 0) is 0 Å². The van der Waals surface area contributed by atoms with Crippen LogP contribution in [0.1, 0.15) is 6.92 Å². The van der Waals surface area contributed by atoms with E-state index in [9.17, 15) is 0 Å². The molecule has 2 nitrogen and oxygen atoms in total. The molecule has 0 atom stereocenters. The molecule has 11 heavy (non-hydrogen) atoms. The number of nitrogens with zero attached hydrogens (tertiary/aromatic N) is 1. The average Bonchev–Trinajstić information content (AvgIpc) is 1.97. The fourth-order valence-electron chi connectivity index (χ4n) is 0.682. The quantitative estimate of drug-likeness (QED) is 0.779. The highest BCUT2D eigenvalue weighted by Crippen LogP contribution is 2.28. The van der Waals surface area contributed by atoms with Crippen molar-refractivity contribution < 1.29 is 4.74 Å². The molecular formula is C7H7BrINO. The van der Waals surface area contributed by atoms with Crippen molar-refractivity contribution in [3.8, 4) is 5.75 Å². The summed E-state index contributed by atoms with van der Waals surface area (Å²) in [5.41, 5.74) is 0. The molecule has 0 spiro atoms. The molecule has 0 aromatic carbocycles. The third-order valence-electron chi connectivity index (χ3n) is 1.10. The van der Waals surface area contributed by atoms with Crippen LogP contribution in [0.15, 0.2) is 16.9 Å². The molecule has 60 valence electrons. The van der Waals surface area contributed by atoms with E-state index in [0.717, 1.165) is 13.8 Å². The molecule has 0 amide bonds. The van der Waals surface area contributed by atoms with Gasteiger partial charge in [-0.3, -0.25) is 4.98 Å². The van der Waals surface area contributed by atoms with Gasteiger partial charge in [0.25, 0.3) is 0 Å². The monoisotopic (exact) mass is 327 g/mol. The molecule has 0 N–H and O–H groups in total. The molecule has 0 saturated carbocycles. The van der Waals surface area contributed by atoms with Crippen LogP contribution in [0.25, 0.3) is 0 Å². The van der Waals surface area contributed by atoms with Gasteiger partial charge in [0, 0.05) is 12.4 Å². The van der Waals surface area contributed by atoms with Crippen molar-refractivity contribution in [2.45, 2.75) is 6.92 Å². The summed E-state index contributed by atoms with van der Waals surface area (Å²) in [7, 11) is 0. The maximum atomic E-state index is 5.37. The molecule has 4 heteroatoms. The second-order valence-electron chi connectivity index (χ2n) is 1.87. The first-order valence-electron chi connectivity index (χ1n) is 3.17. The van der Waals surface area contributed by atoms with Gasteiger partial charge in [-0.2, -0.15) is 0 Å². The van der Waals surface area contributed by atoms with Crippen molar-refractivity contribution in [1.29, 1.82) is 0 Å². The van der Waals surface area contributed by atoms with Crippen molar-refractivity contribution >= 4 is 38.5 Å². The Kier molecular flexibility index (Phi) is 3.58. The second kappa shape index (κ2) is 4.25. The number of pyridine rings is 1. The Labute approximate surface area is 87.6 Å². The first-order valence-corrected chi connectivity index (χ1v) is 5.04. The molecule has 1 aromatic rings. The van der Waals surface area contributed by atoms with E-state index < -0.39 is 0 Å². The van der Waals surface area contributed by atoms with Crippen LogP contribution in [0.4, 0.5) is 0 Å². The Hall–Kier alpha value is 0.160. The van der Waals surface area contributed by atoms with Gasteiger partial charge in [0.1, 0.15) is 5.75 Å². The van der Waals surface area contributed by atoms with Crippen LogP contribution in [0.5, 0.6) is 5.75 Å². The zero-order valence-corrected chi connectivity index (χ0v) is 9.72. The minimum atomic E-state index is 0.679. The highest BCUT2D eigenvalue weighted by Gasteiger charge is 2.04. The second-order valence-corrected chi connectivity index (χ2v) is 3.88. The summed E-state index contributed by atoms with van der Waals surface area (Å²) >= 11 is 5.55. The molecule has 0 saturated heterocycles. The summed E-state index contributed by atoms with van der Waals surface area (Å²) < 4.78 is 7.31. The minimum Gasteiger partial charge on any atom is -0.491 e. The van der Waals surface area contributed by atoms with Gasteiger partial charge >= 0.3 is 0 Å². The lowest BCUT2D eigenvalue weighted by atomic mass is 10.4. The van der Waals surface area contributed by atoms with Gasteiger partial charge in [-0.1, -0.05) is 0 Å². The van der Waals surface area contributed by atoms with E-state index in [0.29, 0.717) is 6.61 Å². The molecule has 0 aliphatic heterocycles. The van der Waals surface area contributed by atoms with E-state index in [1.807, 2.05) is 6.92 Å². The molecule has 0 aliphatic carbocycles. The van der Waals surface area contributed by atoms with Crippen LogP contribution >= 0.6 is 38.5 Å². The largest absolute Gasteiger partial charge is 0.491 e. The Morgan fingerprint density at radius 1 is 1.64 bits per heavy atom. The number of hydrogen-bond acceptors (Lipinski definition) is 2. The van der Waals surface area contributed by atoms with Crippen LogP contribution in [0.3, 0.4) is 0 Å². The molecule has 1 aromatic heterocycles. The zero-order chi connectivity index (χ0) is 8.27. The van der Waals surface area contributed by atoms with Crippen molar-refractivity contribution in [3.05, 3.63) is 20.4 Å². The molecule has 0 unspecified atom stereocenters. The van der Waals surface area contributed by atoms with Gasteiger partial charge in [0.2, 0.25) is 0 Å². The Morgan fingerprint density at radius 2 is 2.36 bits per heavy atom. The van der Waals surface area contributed by atoms with Gasteiger partial charge in [-0.05, 0) is 45.4 Å². The van der Waals surface area contributed by atoms with E-state index >= 15 is 0 Å². The van der Waals surface area contributed by atoms with E-state index in [4.69, 9.17) is 4.74 Å². The Bertz CT molecular complexity index is 234. The fourth-order valence-corrected chi connectivity index (χ4v) is 2.11. The van der Waals surface area contributed by atoms with Crippen molar-refractivity contribution in [2.75, 3.05) is 6.61 Å². The lowest BCUT2D eigenvalue weighted by molar-refractivity contribution is 0.335. The number of ether oxygens (including phenoxy) is 1. The van der Waals surface area contributed by atoms with Gasteiger partial charge < -0.3 is 4.74 Å². The number of rotatable bonds is 2. The number of halogens is 2. The van der Waals surface area contributed by atoms with Crippen LogP contribution < -0.4 is 4.74 Å². The number of hydrogen-bond donors (Lipinski definition) is 0. The van der Waals surface area contributed by atoms with Gasteiger partial charge in [0.15, 0.2) is 0 Å². The molecule has 1 heterocycles. The first-order chi connectivity index (χ1) is 5.25. The molecule has 0 radical (unpaired) electrons. The maximum Gasteiger partial charge on any atom is 0.149 e. The first kappa shape index (κ1) is 9.25. The molecule has 1 rings (SSSR count). The van der Waals surface area contributed by atoms with Crippen LogP contribution in [-0.4, -0.2) is 11.6 Å². The SMILES string of the molecule is CCOc1c(Br)cncc1I. The van der Waals surface area contributed by atoms with Crippen LogP contribution in [0.2, 0.25) is 0 Å². The molecular weight excluding hydrogens is 321 g/mol. The normalized spacial score (nSPS) is 9.73. The summed E-state index contributed by atoms with van der Waals surface area (Å²) in [4.78, 5) is 3.99. The van der Waals surface area contributed by atoms with Gasteiger partial charge in [-0.25, -0.2) is 0 Å². The standard InChI is InChI=1S/C7H7BrINO/c1-2-11-7-5(8)3-10-4-6(7)9/h3-4H,2H2,1H3. The predicted octanol–water partition coefficient (Wildman–Crippen LogP) is 2.85. The summed E-state index contributed by atoms with van der Waals surface area (Å²) in [5.74, 6) is 0.878. The van der Waals surface area contributed by atoms with Gasteiger partial charge in [0.05, 0.1) is 14.6 Å². The lowest BCUT2D eigenvalue weighted by Crippen LogP contribution is -1.95. The molecule has 0 aliphatic rings. The van der Waals surface area contributed by atoms with E-state index in [-0.39, 0.29) is 0 Å². The predicted molar refractivity (Wildman–Crippen MR) is 55.8 cm³/mol. The third kappa shape index (κ3) is 2.30. The average molecular weight is 328 g/mol. The Balaban J connectivity index is 3.00. The highest BCUT2D eigenvalue weighted by atomic mass is 127. The van der Waals surface area contributed by atoms with Gasteiger partial charge in [-0.15, -0.1) is 0 Å².